The maximum Gasteiger partial charge on any atom is 0.343 e. The highest BCUT2D eigenvalue weighted by Gasteiger charge is 2.32. The van der Waals surface area contributed by atoms with Crippen LogP contribution in [0.1, 0.15) is 56.3 Å². The van der Waals surface area contributed by atoms with Crippen LogP contribution in [0, 0.1) is 5.92 Å². The first-order chi connectivity index (χ1) is 8.29. The summed E-state index contributed by atoms with van der Waals surface area (Å²) in [5.41, 5.74) is 5.68. The highest BCUT2D eigenvalue weighted by atomic mass is 16.1. The van der Waals surface area contributed by atoms with Crippen LogP contribution in [0.25, 0.3) is 0 Å². The van der Waals surface area contributed by atoms with E-state index in [0.717, 1.165) is 38.1 Å². The smallest absolute Gasteiger partial charge is 0.330 e. The van der Waals surface area contributed by atoms with E-state index in [1.165, 1.54) is 12.8 Å². The molecular formula is C12H20N4O. The average molecular weight is 236 g/mol. The number of nitrogens with two attached hydrogens (primary N) is 1. The van der Waals surface area contributed by atoms with Gasteiger partial charge in [-0.3, -0.25) is 4.57 Å². The summed E-state index contributed by atoms with van der Waals surface area (Å²) in [7, 11) is 0. The van der Waals surface area contributed by atoms with Crippen LogP contribution in [0.5, 0.6) is 0 Å². The van der Waals surface area contributed by atoms with Crippen LogP contribution in [0.4, 0.5) is 0 Å². The molecule has 1 heterocycles. The molecule has 0 amide bonds. The zero-order chi connectivity index (χ0) is 11.8. The fraction of sp³-hybridized carbons (Fsp3) is 0.833. The van der Waals surface area contributed by atoms with Crippen molar-refractivity contribution in [2.45, 2.75) is 50.5 Å². The molecule has 3 rings (SSSR count). The third kappa shape index (κ3) is 2.04. The van der Waals surface area contributed by atoms with Crippen molar-refractivity contribution in [3.63, 3.8) is 0 Å². The van der Waals surface area contributed by atoms with Gasteiger partial charge in [-0.15, -0.1) is 0 Å². The Hall–Kier alpha value is -1.10. The summed E-state index contributed by atoms with van der Waals surface area (Å²) < 4.78 is 1.90. The largest absolute Gasteiger partial charge is 0.343 e. The Morgan fingerprint density at radius 2 is 1.94 bits per heavy atom. The molecular weight excluding hydrogens is 216 g/mol. The van der Waals surface area contributed by atoms with Crippen LogP contribution in [-0.4, -0.2) is 21.3 Å². The van der Waals surface area contributed by atoms with Crippen LogP contribution < -0.4 is 11.4 Å². The molecule has 0 saturated heterocycles. The fourth-order valence-electron chi connectivity index (χ4n) is 2.95. The van der Waals surface area contributed by atoms with Crippen molar-refractivity contribution in [3.8, 4) is 0 Å². The standard InChI is InChI=1S/C12H20N4O/c13-7-8-1-3-9(4-2-8)11-14-15-12(17)16(11)10-5-6-10/h8-10H,1-7,13H2,(H,15,17). The number of aromatic nitrogens is 3. The van der Waals surface area contributed by atoms with Crippen molar-refractivity contribution in [2.75, 3.05) is 6.54 Å². The first-order valence-corrected chi connectivity index (χ1v) is 6.66. The number of nitrogens with zero attached hydrogens (tertiary/aromatic N) is 2. The summed E-state index contributed by atoms with van der Waals surface area (Å²) in [4.78, 5) is 11.7. The summed E-state index contributed by atoms with van der Waals surface area (Å²) >= 11 is 0. The van der Waals surface area contributed by atoms with Crippen molar-refractivity contribution in [1.82, 2.24) is 14.8 Å². The Morgan fingerprint density at radius 1 is 1.24 bits per heavy atom. The van der Waals surface area contributed by atoms with Gasteiger partial charge in [0.15, 0.2) is 0 Å². The first kappa shape index (κ1) is 11.0. The monoisotopic (exact) mass is 236 g/mol. The number of hydrogen-bond donors (Lipinski definition) is 2. The molecule has 5 nitrogen and oxygen atoms in total. The summed E-state index contributed by atoms with van der Waals surface area (Å²) in [6, 6.07) is 0.420. The Kier molecular flexibility index (Phi) is 2.78. The molecule has 0 bridgehead atoms. The van der Waals surface area contributed by atoms with Gasteiger partial charge in [0.1, 0.15) is 5.82 Å². The molecule has 0 aliphatic heterocycles. The van der Waals surface area contributed by atoms with E-state index < -0.39 is 0 Å². The third-order valence-electron chi connectivity index (χ3n) is 4.19. The summed E-state index contributed by atoms with van der Waals surface area (Å²) in [6.45, 7) is 0.794. The molecule has 17 heavy (non-hydrogen) atoms. The Labute approximate surface area is 100 Å². The Bertz CT molecular complexity index is 438. The van der Waals surface area contributed by atoms with E-state index in [1.807, 2.05) is 4.57 Å². The molecule has 2 fully saturated rings. The SMILES string of the molecule is NCC1CCC(c2n[nH]c(=O)n2C2CC2)CC1. The molecule has 1 aromatic rings. The quantitative estimate of drug-likeness (QED) is 0.826. The van der Waals surface area contributed by atoms with Gasteiger partial charge in [-0.05, 0) is 51.0 Å². The second-order valence-corrected chi connectivity index (χ2v) is 5.44. The van der Waals surface area contributed by atoms with E-state index >= 15 is 0 Å². The molecule has 3 N–H and O–H groups in total. The van der Waals surface area contributed by atoms with Crippen LogP contribution in [-0.2, 0) is 0 Å². The summed E-state index contributed by atoms with van der Waals surface area (Å²) in [6.07, 6.45) is 6.85. The van der Waals surface area contributed by atoms with Gasteiger partial charge in [0.05, 0.1) is 0 Å². The number of H-pyrrole nitrogens is 1. The second-order valence-electron chi connectivity index (χ2n) is 5.44. The van der Waals surface area contributed by atoms with Crippen LogP contribution in [0.2, 0.25) is 0 Å². The van der Waals surface area contributed by atoms with E-state index in [2.05, 4.69) is 10.2 Å². The number of aromatic amines is 1. The molecule has 0 radical (unpaired) electrons. The zero-order valence-electron chi connectivity index (χ0n) is 10.1. The molecule has 94 valence electrons. The Morgan fingerprint density at radius 3 is 2.53 bits per heavy atom. The van der Waals surface area contributed by atoms with Crippen molar-refractivity contribution in [2.24, 2.45) is 11.7 Å². The molecule has 2 aliphatic rings. The van der Waals surface area contributed by atoms with E-state index in [1.54, 1.807) is 0 Å². The topological polar surface area (TPSA) is 76.7 Å². The van der Waals surface area contributed by atoms with Gasteiger partial charge in [0.25, 0.3) is 0 Å². The number of nitrogens with one attached hydrogen (secondary N) is 1. The predicted octanol–water partition coefficient (Wildman–Crippen LogP) is 1.14. The Balaban J connectivity index is 1.78. The van der Waals surface area contributed by atoms with Gasteiger partial charge < -0.3 is 5.73 Å². The van der Waals surface area contributed by atoms with E-state index in [0.29, 0.717) is 17.9 Å². The minimum Gasteiger partial charge on any atom is -0.330 e. The molecule has 2 aliphatic carbocycles. The van der Waals surface area contributed by atoms with Crippen molar-refractivity contribution in [1.29, 1.82) is 0 Å². The normalized spacial score (nSPS) is 29.5. The number of hydrogen-bond acceptors (Lipinski definition) is 3. The lowest BCUT2D eigenvalue weighted by atomic mass is 9.81. The second kappa shape index (κ2) is 4.29. The summed E-state index contributed by atoms with van der Waals surface area (Å²) in [5, 5.41) is 6.86. The first-order valence-electron chi connectivity index (χ1n) is 6.66. The molecule has 0 spiro atoms. The highest BCUT2D eigenvalue weighted by molar-refractivity contribution is 5.03. The lowest BCUT2D eigenvalue weighted by molar-refractivity contribution is 0.319. The van der Waals surface area contributed by atoms with Crippen molar-refractivity contribution < 1.29 is 0 Å². The van der Waals surface area contributed by atoms with Crippen LogP contribution in [0.15, 0.2) is 4.79 Å². The van der Waals surface area contributed by atoms with Crippen LogP contribution in [0.3, 0.4) is 0 Å². The molecule has 5 heteroatoms. The van der Waals surface area contributed by atoms with E-state index in [9.17, 15) is 4.79 Å². The van der Waals surface area contributed by atoms with Gasteiger partial charge in [0.2, 0.25) is 0 Å². The third-order valence-corrected chi connectivity index (χ3v) is 4.19. The lowest BCUT2D eigenvalue weighted by Gasteiger charge is -2.27. The van der Waals surface area contributed by atoms with E-state index in [-0.39, 0.29) is 5.69 Å². The molecule has 0 aromatic carbocycles. The maximum atomic E-state index is 11.7. The fourth-order valence-corrected chi connectivity index (χ4v) is 2.95. The number of rotatable bonds is 3. The van der Waals surface area contributed by atoms with Gasteiger partial charge >= 0.3 is 5.69 Å². The highest BCUT2D eigenvalue weighted by Crippen LogP contribution is 2.39. The predicted molar refractivity (Wildman–Crippen MR) is 64.9 cm³/mol. The van der Waals surface area contributed by atoms with Gasteiger partial charge in [0, 0.05) is 12.0 Å². The lowest BCUT2D eigenvalue weighted by Crippen LogP contribution is -2.24. The molecule has 1 aromatic heterocycles. The van der Waals surface area contributed by atoms with Gasteiger partial charge in [-0.25, -0.2) is 9.89 Å². The molecule has 0 unspecified atom stereocenters. The van der Waals surface area contributed by atoms with Gasteiger partial charge in [-0.1, -0.05) is 0 Å². The minimum absolute atomic E-state index is 0.0246. The van der Waals surface area contributed by atoms with Gasteiger partial charge in [-0.2, -0.15) is 5.10 Å². The average Bonchev–Trinajstić information content (AvgIpc) is 3.13. The van der Waals surface area contributed by atoms with Crippen molar-refractivity contribution in [3.05, 3.63) is 16.3 Å². The summed E-state index contributed by atoms with van der Waals surface area (Å²) in [5.74, 6) is 2.12. The maximum absolute atomic E-state index is 11.7. The van der Waals surface area contributed by atoms with Crippen LogP contribution >= 0.6 is 0 Å². The van der Waals surface area contributed by atoms with Crippen molar-refractivity contribution >= 4 is 0 Å². The minimum atomic E-state index is -0.0246. The molecule has 0 atom stereocenters. The zero-order valence-corrected chi connectivity index (χ0v) is 10.1. The van der Waals surface area contributed by atoms with E-state index in [4.69, 9.17) is 5.73 Å². The molecule has 2 saturated carbocycles.